The van der Waals surface area contributed by atoms with Crippen molar-refractivity contribution in [3.05, 3.63) is 39.3 Å². The van der Waals surface area contributed by atoms with Gasteiger partial charge < -0.3 is 15.5 Å². The van der Waals surface area contributed by atoms with Gasteiger partial charge in [0, 0.05) is 36.3 Å². The summed E-state index contributed by atoms with van der Waals surface area (Å²) in [6.07, 6.45) is 7.91. The van der Waals surface area contributed by atoms with Crippen molar-refractivity contribution in [2.75, 3.05) is 18.4 Å². The predicted molar refractivity (Wildman–Crippen MR) is 128 cm³/mol. The molecule has 3 amide bonds. The van der Waals surface area contributed by atoms with Crippen LogP contribution in [-0.2, 0) is 4.79 Å². The fourth-order valence-corrected chi connectivity index (χ4v) is 5.22. The van der Waals surface area contributed by atoms with Gasteiger partial charge in [0.25, 0.3) is 11.8 Å². The van der Waals surface area contributed by atoms with Crippen molar-refractivity contribution in [1.29, 1.82) is 0 Å². The maximum atomic E-state index is 12.8. The van der Waals surface area contributed by atoms with Crippen LogP contribution < -0.4 is 10.6 Å². The van der Waals surface area contributed by atoms with Crippen molar-refractivity contribution in [2.24, 2.45) is 5.92 Å². The molecule has 2 aliphatic rings. The first-order valence-corrected chi connectivity index (χ1v) is 12.7. The van der Waals surface area contributed by atoms with Gasteiger partial charge >= 0.3 is 0 Å². The highest BCUT2D eigenvalue weighted by atomic mass is 35.5. The molecule has 10 heteroatoms. The maximum absolute atomic E-state index is 12.8. The molecule has 2 heterocycles. The zero-order valence-electron chi connectivity index (χ0n) is 18.4. The van der Waals surface area contributed by atoms with Crippen LogP contribution in [0, 0.1) is 5.92 Å². The number of nitrogens with zero attached hydrogens (tertiary/aromatic N) is 3. The summed E-state index contributed by atoms with van der Waals surface area (Å²) < 4.78 is 0. The van der Waals surface area contributed by atoms with Crippen LogP contribution in [0.2, 0.25) is 5.02 Å². The quantitative estimate of drug-likeness (QED) is 0.634. The van der Waals surface area contributed by atoms with E-state index in [0.717, 1.165) is 37.0 Å². The molecule has 0 spiro atoms. The van der Waals surface area contributed by atoms with Gasteiger partial charge in [0.05, 0.1) is 0 Å². The van der Waals surface area contributed by atoms with Gasteiger partial charge in [0.2, 0.25) is 15.9 Å². The van der Waals surface area contributed by atoms with Crippen LogP contribution in [0.3, 0.4) is 0 Å². The molecule has 8 nitrogen and oxygen atoms in total. The van der Waals surface area contributed by atoms with E-state index >= 15 is 0 Å². The third-order valence-corrected chi connectivity index (χ3v) is 7.41. The third-order valence-electron chi connectivity index (χ3n) is 6.25. The van der Waals surface area contributed by atoms with Crippen LogP contribution in [0.15, 0.2) is 24.3 Å². The fraction of sp³-hybridized carbons (Fsp3) is 0.522. The molecule has 1 aromatic carbocycles. The number of nitrogens with one attached hydrogen (secondary N) is 2. The Bertz CT molecular complexity index is 982. The monoisotopic (exact) mass is 489 g/mol. The van der Waals surface area contributed by atoms with E-state index < -0.39 is 5.91 Å². The summed E-state index contributed by atoms with van der Waals surface area (Å²) in [4.78, 5) is 39.3. The number of hydrogen-bond acceptors (Lipinski definition) is 6. The lowest BCUT2D eigenvalue weighted by molar-refractivity contribution is -0.123. The average molecular weight is 490 g/mol. The van der Waals surface area contributed by atoms with Crippen molar-refractivity contribution >= 4 is 46.3 Å². The van der Waals surface area contributed by atoms with Gasteiger partial charge in [0.1, 0.15) is 0 Å². The summed E-state index contributed by atoms with van der Waals surface area (Å²) in [5.41, 5.74) is 0.585. The molecule has 2 fully saturated rings. The van der Waals surface area contributed by atoms with Gasteiger partial charge in [-0.05, 0) is 55.9 Å². The van der Waals surface area contributed by atoms with Crippen molar-refractivity contribution in [3.8, 4) is 0 Å². The maximum Gasteiger partial charge on any atom is 0.286 e. The molecule has 2 aromatic rings. The highest BCUT2D eigenvalue weighted by molar-refractivity contribution is 7.15. The summed E-state index contributed by atoms with van der Waals surface area (Å²) >= 11 is 6.84. The number of carbonyl (C=O) groups excluding carboxylic acids is 3. The Balaban J connectivity index is 1.24. The second-order valence-corrected chi connectivity index (χ2v) is 10.1. The number of carbonyl (C=O) groups is 3. The summed E-state index contributed by atoms with van der Waals surface area (Å²) in [5, 5.41) is 14.6. The molecule has 1 aliphatic heterocycles. The molecular weight excluding hydrogens is 462 g/mol. The zero-order chi connectivity index (χ0) is 23.2. The average Bonchev–Trinajstić information content (AvgIpc) is 3.32. The minimum Gasteiger partial charge on any atom is -0.353 e. The molecule has 176 valence electrons. The van der Waals surface area contributed by atoms with E-state index in [-0.39, 0.29) is 27.7 Å². The second kappa shape index (κ2) is 11.1. The van der Waals surface area contributed by atoms with E-state index in [1.54, 1.807) is 29.2 Å². The van der Waals surface area contributed by atoms with E-state index in [4.69, 9.17) is 11.6 Å². The molecule has 0 bridgehead atoms. The Morgan fingerprint density at radius 2 is 1.64 bits per heavy atom. The summed E-state index contributed by atoms with van der Waals surface area (Å²) in [7, 11) is 0. The van der Waals surface area contributed by atoms with Gasteiger partial charge in [-0.3, -0.25) is 14.4 Å². The normalized spacial score (nSPS) is 17.5. The SMILES string of the molecule is O=C(CC1CCN(C(=O)c2nnc(C(=O)Nc3ccc(Cl)cc3)s2)CC1)NC1CCCCC1. The zero-order valence-corrected chi connectivity index (χ0v) is 20.0. The fourth-order valence-electron chi connectivity index (χ4n) is 4.39. The molecule has 1 aliphatic carbocycles. The van der Waals surface area contributed by atoms with E-state index in [1.165, 1.54) is 19.3 Å². The van der Waals surface area contributed by atoms with Crippen molar-refractivity contribution in [1.82, 2.24) is 20.4 Å². The molecule has 1 aromatic heterocycles. The number of piperidine rings is 1. The highest BCUT2D eigenvalue weighted by Crippen LogP contribution is 2.24. The van der Waals surface area contributed by atoms with Crippen molar-refractivity contribution in [3.63, 3.8) is 0 Å². The molecule has 1 saturated heterocycles. The van der Waals surface area contributed by atoms with E-state index in [2.05, 4.69) is 20.8 Å². The van der Waals surface area contributed by atoms with Gasteiger partial charge in [-0.25, -0.2) is 0 Å². The number of halogens is 1. The second-order valence-electron chi connectivity index (χ2n) is 8.72. The molecule has 2 N–H and O–H groups in total. The molecule has 4 rings (SSSR count). The molecule has 0 unspecified atom stereocenters. The number of hydrogen-bond donors (Lipinski definition) is 2. The minimum absolute atomic E-state index is 0.127. The number of amides is 3. The van der Waals surface area contributed by atoms with E-state index in [1.807, 2.05) is 0 Å². The van der Waals surface area contributed by atoms with Crippen LogP contribution in [0.4, 0.5) is 5.69 Å². The minimum atomic E-state index is -0.420. The largest absolute Gasteiger partial charge is 0.353 e. The summed E-state index contributed by atoms with van der Waals surface area (Å²) in [5.74, 6) is -0.223. The number of anilines is 1. The Kier molecular flexibility index (Phi) is 7.93. The smallest absolute Gasteiger partial charge is 0.286 e. The Hall–Kier alpha value is -2.52. The van der Waals surface area contributed by atoms with Gasteiger partial charge in [-0.1, -0.05) is 42.2 Å². The summed E-state index contributed by atoms with van der Waals surface area (Å²) in [6.45, 7) is 1.15. The van der Waals surface area contributed by atoms with Gasteiger partial charge in [-0.2, -0.15) is 0 Å². The standard InChI is InChI=1S/C23H28ClN5O3S/c24-16-6-8-18(9-7-16)26-20(31)21-27-28-22(33-21)23(32)29-12-10-15(11-13-29)14-19(30)25-17-4-2-1-3-5-17/h6-9,15,17H,1-5,10-14H2,(H,25,30)(H,26,31). The topological polar surface area (TPSA) is 104 Å². The first-order chi connectivity index (χ1) is 16.0. The Morgan fingerprint density at radius 1 is 0.970 bits per heavy atom. The summed E-state index contributed by atoms with van der Waals surface area (Å²) in [6, 6.07) is 7.06. The number of likely N-dealkylation sites (tertiary alicyclic amines) is 1. The Morgan fingerprint density at radius 3 is 2.33 bits per heavy atom. The molecule has 0 atom stereocenters. The third kappa shape index (κ3) is 6.51. The number of benzene rings is 1. The van der Waals surface area contributed by atoms with Crippen molar-refractivity contribution < 1.29 is 14.4 Å². The van der Waals surface area contributed by atoms with Gasteiger partial charge in [0.15, 0.2) is 0 Å². The lowest BCUT2D eigenvalue weighted by Crippen LogP contribution is -2.41. The molecule has 0 radical (unpaired) electrons. The van der Waals surface area contributed by atoms with Crippen LogP contribution in [0.25, 0.3) is 0 Å². The first-order valence-electron chi connectivity index (χ1n) is 11.5. The van der Waals surface area contributed by atoms with Crippen LogP contribution in [-0.4, -0.2) is 52.0 Å². The van der Waals surface area contributed by atoms with E-state index in [0.29, 0.717) is 36.3 Å². The Labute approximate surface area is 202 Å². The molecule has 33 heavy (non-hydrogen) atoms. The van der Waals surface area contributed by atoms with Crippen molar-refractivity contribution in [2.45, 2.75) is 57.4 Å². The highest BCUT2D eigenvalue weighted by Gasteiger charge is 2.28. The van der Waals surface area contributed by atoms with Crippen LogP contribution >= 0.6 is 22.9 Å². The lowest BCUT2D eigenvalue weighted by atomic mass is 9.92. The van der Waals surface area contributed by atoms with Crippen LogP contribution in [0.5, 0.6) is 0 Å². The lowest BCUT2D eigenvalue weighted by Gasteiger charge is -2.31. The van der Waals surface area contributed by atoms with Gasteiger partial charge in [-0.15, -0.1) is 10.2 Å². The molecule has 1 saturated carbocycles. The van der Waals surface area contributed by atoms with E-state index in [9.17, 15) is 14.4 Å². The predicted octanol–water partition coefficient (Wildman–Crippen LogP) is 4.14. The first kappa shape index (κ1) is 23.6. The number of aromatic nitrogens is 2. The molecular formula is C23H28ClN5O3S. The van der Waals surface area contributed by atoms with Crippen LogP contribution in [0.1, 0.15) is 71.0 Å². The number of rotatable bonds is 6.